The number of nitrogens with zero attached hydrogens (tertiary/aromatic N) is 1. The van der Waals surface area contributed by atoms with Crippen LogP contribution in [0.5, 0.6) is 0 Å². The van der Waals surface area contributed by atoms with E-state index in [1.54, 1.807) is 0 Å². The maximum Gasteiger partial charge on any atom is 0.0473 e. The summed E-state index contributed by atoms with van der Waals surface area (Å²) in [5, 5.41) is 10.4. The van der Waals surface area contributed by atoms with Gasteiger partial charge in [-0.3, -0.25) is 0 Å². The zero-order chi connectivity index (χ0) is 33.0. The van der Waals surface area contributed by atoms with Crippen molar-refractivity contribution in [3.63, 3.8) is 0 Å². The Balaban J connectivity index is 1.18. The summed E-state index contributed by atoms with van der Waals surface area (Å²) >= 11 is 1.88. The van der Waals surface area contributed by atoms with Gasteiger partial charge in [-0.25, -0.2) is 0 Å². The normalized spacial score (nSPS) is 11.6. The fraction of sp³-hybridized carbons (Fsp3) is 0. The first-order valence-corrected chi connectivity index (χ1v) is 17.9. The first kappa shape index (κ1) is 28.8. The van der Waals surface area contributed by atoms with E-state index >= 15 is 0 Å². The molecule has 0 saturated heterocycles. The lowest BCUT2D eigenvalue weighted by molar-refractivity contribution is 1.28. The van der Waals surface area contributed by atoms with Gasteiger partial charge in [0, 0.05) is 37.2 Å². The smallest absolute Gasteiger partial charge is 0.0473 e. The van der Waals surface area contributed by atoms with Crippen molar-refractivity contribution in [2.75, 3.05) is 4.90 Å². The van der Waals surface area contributed by atoms with Gasteiger partial charge >= 0.3 is 0 Å². The number of hydrogen-bond acceptors (Lipinski definition) is 2. The average molecular weight is 654 g/mol. The first-order chi connectivity index (χ1) is 24.8. The van der Waals surface area contributed by atoms with Crippen molar-refractivity contribution in [2.24, 2.45) is 0 Å². The van der Waals surface area contributed by atoms with Crippen LogP contribution in [0, 0.1) is 0 Å². The monoisotopic (exact) mass is 653 g/mol. The number of anilines is 3. The SMILES string of the molecule is c1ccc(-c2cc(-c3ccc4c(ccc5ccc6cc7sc8ccccc8c7cc6c54)c3)cc(N(c3ccccc3)c3ccccc3)c2)cc1. The Bertz CT molecular complexity index is 2820. The molecule has 0 atom stereocenters. The lowest BCUT2D eigenvalue weighted by Gasteiger charge is -2.27. The molecule has 9 aromatic carbocycles. The van der Waals surface area contributed by atoms with Crippen molar-refractivity contribution >= 4 is 80.9 Å². The van der Waals surface area contributed by atoms with Crippen molar-refractivity contribution < 1.29 is 0 Å². The molecule has 0 unspecified atom stereocenters. The van der Waals surface area contributed by atoms with Crippen molar-refractivity contribution in [1.29, 1.82) is 0 Å². The highest BCUT2D eigenvalue weighted by molar-refractivity contribution is 7.25. The summed E-state index contributed by atoms with van der Waals surface area (Å²) in [6.07, 6.45) is 0. The first-order valence-electron chi connectivity index (χ1n) is 17.1. The highest BCUT2D eigenvalue weighted by atomic mass is 32.1. The Morgan fingerprint density at radius 2 is 0.900 bits per heavy atom. The van der Waals surface area contributed by atoms with Crippen molar-refractivity contribution in [1.82, 2.24) is 0 Å². The molecular weight excluding hydrogens is 623 g/mol. The van der Waals surface area contributed by atoms with Crippen LogP contribution in [0.4, 0.5) is 17.1 Å². The van der Waals surface area contributed by atoms with Crippen LogP contribution in [0.3, 0.4) is 0 Å². The van der Waals surface area contributed by atoms with Crippen molar-refractivity contribution in [3.05, 3.63) is 188 Å². The van der Waals surface area contributed by atoms with E-state index < -0.39 is 0 Å². The zero-order valence-electron chi connectivity index (χ0n) is 27.3. The van der Waals surface area contributed by atoms with Gasteiger partial charge < -0.3 is 4.90 Å². The molecule has 10 rings (SSSR count). The maximum atomic E-state index is 2.43. The van der Waals surface area contributed by atoms with Crippen LogP contribution in [-0.4, -0.2) is 0 Å². The van der Waals surface area contributed by atoms with E-state index in [9.17, 15) is 0 Å². The second-order valence-electron chi connectivity index (χ2n) is 13.0. The molecule has 1 nitrogen and oxygen atoms in total. The van der Waals surface area contributed by atoms with Gasteiger partial charge in [-0.1, -0.05) is 121 Å². The third-order valence-corrected chi connectivity index (χ3v) is 11.1. The molecule has 1 heterocycles. The Labute approximate surface area is 294 Å². The lowest BCUT2D eigenvalue weighted by Crippen LogP contribution is -2.10. The van der Waals surface area contributed by atoms with Gasteiger partial charge in [0.1, 0.15) is 0 Å². The minimum absolute atomic E-state index is 1.12. The number of hydrogen-bond donors (Lipinski definition) is 0. The summed E-state index contributed by atoms with van der Waals surface area (Å²) in [6, 6.07) is 68.7. The molecule has 0 spiro atoms. The number of thiophene rings is 1. The van der Waals surface area contributed by atoms with Crippen LogP contribution in [0.1, 0.15) is 0 Å². The number of para-hydroxylation sites is 2. The van der Waals surface area contributed by atoms with E-state index in [0.29, 0.717) is 0 Å². The van der Waals surface area contributed by atoms with Crippen LogP contribution in [0.25, 0.3) is 74.7 Å². The summed E-state index contributed by atoms with van der Waals surface area (Å²) in [5.41, 5.74) is 8.13. The van der Waals surface area contributed by atoms with Crippen LogP contribution in [0.15, 0.2) is 188 Å². The molecule has 0 amide bonds. The molecule has 50 heavy (non-hydrogen) atoms. The molecule has 0 radical (unpaired) electrons. The van der Waals surface area contributed by atoms with Crippen LogP contribution in [0.2, 0.25) is 0 Å². The largest absolute Gasteiger partial charge is 0.310 e. The molecule has 0 aliphatic rings. The van der Waals surface area contributed by atoms with E-state index in [4.69, 9.17) is 0 Å². The Kier molecular flexibility index (Phi) is 6.75. The third kappa shape index (κ3) is 4.84. The van der Waals surface area contributed by atoms with Crippen molar-refractivity contribution in [3.8, 4) is 22.3 Å². The second-order valence-corrected chi connectivity index (χ2v) is 14.1. The van der Waals surface area contributed by atoms with Crippen LogP contribution in [-0.2, 0) is 0 Å². The predicted molar refractivity (Wildman–Crippen MR) is 217 cm³/mol. The Morgan fingerprint density at radius 1 is 0.300 bits per heavy atom. The van der Waals surface area contributed by atoms with Crippen molar-refractivity contribution in [2.45, 2.75) is 0 Å². The molecule has 10 aromatic rings. The van der Waals surface area contributed by atoms with Gasteiger partial charge in [-0.2, -0.15) is 0 Å². The van der Waals surface area contributed by atoms with E-state index in [-0.39, 0.29) is 0 Å². The Hall–Kier alpha value is -6.22. The molecule has 0 N–H and O–H groups in total. The Morgan fingerprint density at radius 3 is 1.62 bits per heavy atom. The fourth-order valence-corrected chi connectivity index (χ4v) is 8.73. The highest BCUT2D eigenvalue weighted by Crippen LogP contribution is 2.42. The average Bonchev–Trinajstić information content (AvgIpc) is 3.55. The standard InChI is InChI=1S/C48H31NS/c1-4-12-32(13-5-1)37-27-38(29-41(28-37)49(39-14-6-2-7-15-39)40-16-8-3-9-17-40)34-24-25-42-35(26-34)22-20-33-21-23-36-30-47-45(31-44(36)48(33)42)43-18-10-11-19-46(43)50-47/h1-31H. The lowest BCUT2D eigenvalue weighted by atomic mass is 9.92. The second kappa shape index (κ2) is 11.7. The summed E-state index contributed by atoms with van der Waals surface area (Å²) in [4.78, 5) is 2.35. The quantitative estimate of drug-likeness (QED) is 0.167. The fourth-order valence-electron chi connectivity index (χ4n) is 7.59. The maximum absolute atomic E-state index is 2.43. The molecule has 0 aliphatic heterocycles. The highest BCUT2D eigenvalue weighted by Gasteiger charge is 2.16. The van der Waals surface area contributed by atoms with E-state index in [0.717, 1.165) is 17.1 Å². The third-order valence-electron chi connectivity index (χ3n) is 9.96. The minimum atomic E-state index is 1.12. The molecular formula is C48H31NS. The van der Waals surface area contributed by atoms with Crippen LogP contribution >= 0.6 is 11.3 Å². The summed E-state index contributed by atoms with van der Waals surface area (Å²) in [5.74, 6) is 0. The predicted octanol–water partition coefficient (Wildman–Crippen LogP) is 14.3. The van der Waals surface area contributed by atoms with Gasteiger partial charge in [0.05, 0.1) is 0 Å². The number of benzene rings is 9. The van der Waals surface area contributed by atoms with Gasteiger partial charge in [-0.05, 0) is 121 Å². The minimum Gasteiger partial charge on any atom is -0.310 e. The summed E-state index contributed by atoms with van der Waals surface area (Å²) in [7, 11) is 0. The number of rotatable bonds is 5. The molecule has 234 valence electrons. The zero-order valence-corrected chi connectivity index (χ0v) is 28.1. The van der Waals surface area contributed by atoms with Crippen LogP contribution < -0.4 is 4.90 Å². The van der Waals surface area contributed by atoms with Gasteiger partial charge in [-0.15, -0.1) is 11.3 Å². The van der Waals surface area contributed by atoms with E-state index in [1.165, 1.54) is 74.7 Å². The molecule has 0 bridgehead atoms. The topological polar surface area (TPSA) is 3.24 Å². The van der Waals surface area contributed by atoms with E-state index in [2.05, 4.69) is 193 Å². The molecule has 0 aliphatic carbocycles. The van der Waals surface area contributed by atoms with Gasteiger partial charge in [0.15, 0.2) is 0 Å². The molecule has 0 fully saturated rings. The van der Waals surface area contributed by atoms with Gasteiger partial charge in [0.25, 0.3) is 0 Å². The van der Waals surface area contributed by atoms with E-state index in [1.807, 2.05) is 11.3 Å². The number of fused-ring (bicyclic) bond motifs is 8. The molecule has 1 aromatic heterocycles. The van der Waals surface area contributed by atoms with Gasteiger partial charge in [0.2, 0.25) is 0 Å². The summed E-state index contributed by atoms with van der Waals surface area (Å²) < 4.78 is 2.68. The molecule has 2 heteroatoms. The summed E-state index contributed by atoms with van der Waals surface area (Å²) in [6.45, 7) is 0. The molecule has 0 saturated carbocycles.